The number of anilines is 2. The molecule has 3 amide bonds. The fraction of sp³-hybridized carbons (Fsp3) is 0.115. The van der Waals surface area contributed by atoms with E-state index in [-0.39, 0.29) is 17.3 Å². The van der Waals surface area contributed by atoms with Gasteiger partial charge in [0.05, 0.1) is 17.6 Å². The van der Waals surface area contributed by atoms with Crippen molar-refractivity contribution in [1.29, 1.82) is 0 Å². The lowest BCUT2D eigenvalue weighted by atomic mass is 9.99. The highest BCUT2D eigenvalue weighted by atomic mass is 19.4. The number of hydrogen-bond donors (Lipinski definition) is 3. The van der Waals surface area contributed by atoms with E-state index in [0.717, 1.165) is 35.0 Å². The smallest absolute Gasteiger partial charge is 0.354 e. The zero-order valence-electron chi connectivity index (χ0n) is 19.7. The maximum absolute atomic E-state index is 12.7. The van der Waals surface area contributed by atoms with Crippen molar-refractivity contribution in [3.8, 4) is 22.4 Å². The van der Waals surface area contributed by atoms with Crippen LogP contribution in [-0.2, 0) is 6.18 Å². The molecule has 4 rings (SSSR count). The Morgan fingerprint density at radius 2 is 1.51 bits per heavy atom. The molecule has 0 fully saturated rings. The Bertz CT molecular complexity index is 1460. The van der Waals surface area contributed by atoms with Crippen LogP contribution in [0.3, 0.4) is 0 Å². The number of urea groups is 1. The number of carbonyl (C=O) groups is 2. The van der Waals surface area contributed by atoms with Crippen LogP contribution in [0.2, 0.25) is 0 Å². The minimum absolute atomic E-state index is 0.116. The summed E-state index contributed by atoms with van der Waals surface area (Å²) in [5.74, 6) is -0.307. The van der Waals surface area contributed by atoms with Gasteiger partial charge >= 0.3 is 12.2 Å². The van der Waals surface area contributed by atoms with E-state index in [1.54, 1.807) is 30.5 Å². The summed E-state index contributed by atoms with van der Waals surface area (Å²) in [6.07, 6.45) is -0.435. The SMILES string of the molecule is CNC(=O)c1cc(-c2cc(-c3cc(NC(=O)Nc4ccc(C(F)(F)F)nc4)ccc3C)ccn2)ccn1. The molecule has 0 spiro atoms. The van der Waals surface area contributed by atoms with Crippen LogP contribution < -0.4 is 16.0 Å². The number of aryl methyl sites for hydroxylation is 1. The summed E-state index contributed by atoms with van der Waals surface area (Å²) in [4.78, 5) is 36.2. The second-order valence-corrected chi connectivity index (χ2v) is 7.98. The van der Waals surface area contributed by atoms with Crippen LogP contribution in [0, 0.1) is 6.92 Å². The third-order valence-electron chi connectivity index (χ3n) is 5.39. The number of alkyl halides is 3. The molecule has 0 unspecified atom stereocenters. The van der Waals surface area contributed by atoms with Gasteiger partial charge < -0.3 is 16.0 Å². The highest BCUT2D eigenvalue weighted by molar-refractivity contribution is 6.00. The Balaban J connectivity index is 1.54. The van der Waals surface area contributed by atoms with E-state index in [0.29, 0.717) is 16.9 Å². The second kappa shape index (κ2) is 10.4. The summed E-state index contributed by atoms with van der Waals surface area (Å²) >= 11 is 0. The summed E-state index contributed by atoms with van der Waals surface area (Å²) < 4.78 is 38.0. The molecule has 0 aliphatic rings. The van der Waals surface area contributed by atoms with Gasteiger partial charge in [-0.1, -0.05) is 6.07 Å². The third kappa shape index (κ3) is 6.07. The van der Waals surface area contributed by atoms with E-state index in [1.807, 2.05) is 25.1 Å². The molecule has 3 aromatic heterocycles. The molecule has 0 saturated heterocycles. The van der Waals surface area contributed by atoms with Crippen molar-refractivity contribution in [2.45, 2.75) is 13.1 Å². The number of benzene rings is 1. The number of pyridine rings is 3. The van der Waals surface area contributed by atoms with E-state index >= 15 is 0 Å². The molecule has 0 saturated carbocycles. The summed E-state index contributed by atoms with van der Waals surface area (Å²) in [7, 11) is 1.53. The van der Waals surface area contributed by atoms with Crippen LogP contribution in [0.25, 0.3) is 22.4 Å². The summed E-state index contributed by atoms with van der Waals surface area (Å²) in [5.41, 5.74) is 3.76. The van der Waals surface area contributed by atoms with E-state index in [9.17, 15) is 22.8 Å². The van der Waals surface area contributed by atoms with Crippen LogP contribution in [0.1, 0.15) is 21.7 Å². The molecule has 4 aromatic rings. The maximum atomic E-state index is 12.7. The van der Waals surface area contributed by atoms with Gasteiger partial charge in [0.1, 0.15) is 11.4 Å². The van der Waals surface area contributed by atoms with Crippen molar-refractivity contribution in [3.63, 3.8) is 0 Å². The number of amides is 3. The highest BCUT2D eigenvalue weighted by Gasteiger charge is 2.32. The molecule has 1 aromatic carbocycles. The number of nitrogens with one attached hydrogen (secondary N) is 3. The number of aromatic nitrogens is 3. The van der Waals surface area contributed by atoms with Crippen LogP contribution in [0.15, 0.2) is 73.2 Å². The minimum atomic E-state index is -4.56. The molecule has 0 aliphatic heterocycles. The van der Waals surface area contributed by atoms with Crippen LogP contribution in [0.5, 0.6) is 0 Å². The fourth-order valence-electron chi connectivity index (χ4n) is 3.54. The fourth-order valence-corrected chi connectivity index (χ4v) is 3.54. The van der Waals surface area contributed by atoms with Gasteiger partial charge in [0.15, 0.2) is 0 Å². The Hall–Kier alpha value is -4.80. The molecular formula is C26H21F3N6O2. The molecule has 0 bridgehead atoms. The predicted molar refractivity (Wildman–Crippen MR) is 133 cm³/mol. The Labute approximate surface area is 210 Å². The van der Waals surface area contributed by atoms with Crippen molar-refractivity contribution in [1.82, 2.24) is 20.3 Å². The van der Waals surface area contributed by atoms with Gasteiger partial charge in [0.25, 0.3) is 5.91 Å². The van der Waals surface area contributed by atoms with Crippen molar-refractivity contribution in [3.05, 3.63) is 90.1 Å². The first-order valence-corrected chi connectivity index (χ1v) is 11.0. The summed E-state index contributed by atoms with van der Waals surface area (Å²) in [6, 6.07) is 13.7. The molecule has 37 heavy (non-hydrogen) atoms. The van der Waals surface area contributed by atoms with E-state index in [4.69, 9.17) is 0 Å². The van der Waals surface area contributed by atoms with Crippen molar-refractivity contribution in [2.75, 3.05) is 17.7 Å². The molecule has 188 valence electrons. The predicted octanol–water partition coefficient (Wildman–Crippen LogP) is 5.54. The highest BCUT2D eigenvalue weighted by Crippen LogP contribution is 2.30. The zero-order valence-corrected chi connectivity index (χ0v) is 19.7. The monoisotopic (exact) mass is 506 g/mol. The molecule has 3 N–H and O–H groups in total. The number of carbonyl (C=O) groups excluding carboxylic acids is 2. The first kappa shape index (κ1) is 25.3. The third-order valence-corrected chi connectivity index (χ3v) is 5.39. The molecular weight excluding hydrogens is 485 g/mol. The average molecular weight is 506 g/mol. The Morgan fingerprint density at radius 3 is 2.22 bits per heavy atom. The van der Waals surface area contributed by atoms with Crippen molar-refractivity contribution in [2.24, 2.45) is 0 Å². The van der Waals surface area contributed by atoms with Gasteiger partial charge in [0, 0.05) is 30.7 Å². The number of nitrogens with zero attached hydrogens (tertiary/aromatic N) is 3. The molecule has 3 heterocycles. The largest absolute Gasteiger partial charge is 0.433 e. The van der Waals surface area contributed by atoms with E-state index < -0.39 is 17.9 Å². The lowest BCUT2D eigenvalue weighted by molar-refractivity contribution is -0.141. The average Bonchev–Trinajstić information content (AvgIpc) is 2.89. The van der Waals surface area contributed by atoms with Gasteiger partial charge in [0.2, 0.25) is 0 Å². The van der Waals surface area contributed by atoms with Gasteiger partial charge in [-0.05, 0) is 72.1 Å². The summed E-state index contributed by atoms with van der Waals surface area (Å²) in [6.45, 7) is 1.92. The standard InChI is InChI=1S/C26H21F3N6O2/c1-15-3-4-18(34-25(37)35-19-5-6-23(33-14-19)26(27,28)29)13-20(15)16-7-9-31-21(11-16)17-8-10-32-22(12-17)24(36)30-2/h3-14H,1-2H3,(H,30,36)(H2,34,35,37). The number of halogens is 3. The van der Waals surface area contributed by atoms with E-state index in [1.165, 1.54) is 13.2 Å². The normalized spacial score (nSPS) is 11.1. The Kier molecular flexibility index (Phi) is 7.14. The van der Waals surface area contributed by atoms with Crippen LogP contribution in [-0.4, -0.2) is 33.9 Å². The molecule has 8 nitrogen and oxygen atoms in total. The van der Waals surface area contributed by atoms with Gasteiger partial charge in [-0.2, -0.15) is 13.2 Å². The first-order chi connectivity index (χ1) is 17.6. The molecule has 0 atom stereocenters. The minimum Gasteiger partial charge on any atom is -0.354 e. The van der Waals surface area contributed by atoms with Crippen molar-refractivity contribution < 1.29 is 22.8 Å². The van der Waals surface area contributed by atoms with Gasteiger partial charge in [-0.25, -0.2) is 9.78 Å². The quantitative estimate of drug-likeness (QED) is 0.330. The van der Waals surface area contributed by atoms with Crippen molar-refractivity contribution >= 4 is 23.3 Å². The second-order valence-electron chi connectivity index (χ2n) is 7.98. The number of hydrogen-bond acceptors (Lipinski definition) is 5. The Morgan fingerprint density at radius 1 is 0.811 bits per heavy atom. The van der Waals surface area contributed by atoms with Crippen LogP contribution in [0.4, 0.5) is 29.3 Å². The first-order valence-electron chi connectivity index (χ1n) is 11.0. The molecule has 0 radical (unpaired) electrons. The summed E-state index contributed by atoms with van der Waals surface area (Å²) in [5, 5.41) is 7.68. The van der Waals surface area contributed by atoms with E-state index in [2.05, 4.69) is 30.9 Å². The van der Waals surface area contributed by atoms with Gasteiger partial charge in [-0.3, -0.25) is 14.8 Å². The number of rotatable bonds is 5. The molecule has 0 aliphatic carbocycles. The lowest BCUT2D eigenvalue weighted by Gasteiger charge is -2.13. The molecule has 11 heteroatoms. The maximum Gasteiger partial charge on any atom is 0.433 e. The zero-order chi connectivity index (χ0) is 26.6. The van der Waals surface area contributed by atoms with Crippen LogP contribution >= 0.6 is 0 Å². The lowest BCUT2D eigenvalue weighted by Crippen LogP contribution is -2.20. The van der Waals surface area contributed by atoms with Gasteiger partial charge in [-0.15, -0.1) is 0 Å². The topological polar surface area (TPSA) is 109 Å².